The summed E-state index contributed by atoms with van der Waals surface area (Å²) in [4.78, 5) is 4.61. The molecule has 1 saturated heterocycles. The molecule has 0 saturated carbocycles. The lowest BCUT2D eigenvalue weighted by Gasteiger charge is -2.42. The fraction of sp³-hybridized carbons (Fsp3) is 0.350. The number of hydrogen-bond acceptors (Lipinski definition) is 3. The third kappa shape index (κ3) is 4.98. The Bertz CT molecular complexity index is 800. The Morgan fingerprint density at radius 2 is 1.93 bits per heavy atom. The van der Waals surface area contributed by atoms with E-state index in [1.807, 2.05) is 24.3 Å². The summed E-state index contributed by atoms with van der Waals surface area (Å²) in [6.45, 7) is 5.46. The number of thiocarbonyl (C=S) groups is 1. The number of hydrogen-bond donors (Lipinski definition) is 1. The Balaban J connectivity index is 1.55. The van der Waals surface area contributed by atoms with Gasteiger partial charge in [0.1, 0.15) is 5.75 Å². The molecular formula is C20H23Cl2N3OS. The first-order chi connectivity index (χ1) is 13.0. The SMILES string of the molecule is COc1ccc(N2CCN(C(=S)NCc3ccc(Cl)cc3Cl)CC2C)cc1. The van der Waals surface area contributed by atoms with E-state index in [0.717, 1.165) is 36.1 Å². The molecule has 144 valence electrons. The van der Waals surface area contributed by atoms with E-state index in [1.165, 1.54) is 5.69 Å². The van der Waals surface area contributed by atoms with Crippen LogP contribution in [0.25, 0.3) is 0 Å². The van der Waals surface area contributed by atoms with Gasteiger partial charge >= 0.3 is 0 Å². The fourth-order valence-corrected chi connectivity index (χ4v) is 3.96. The molecule has 0 amide bonds. The van der Waals surface area contributed by atoms with Crippen LogP contribution in [0.1, 0.15) is 12.5 Å². The van der Waals surface area contributed by atoms with Crippen molar-refractivity contribution in [3.63, 3.8) is 0 Å². The van der Waals surface area contributed by atoms with Gasteiger partial charge in [-0.25, -0.2) is 0 Å². The molecule has 1 aliphatic rings. The van der Waals surface area contributed by atoms with E-state index < -0.39 is 0 Å². The molecule has 1 fully saturated rings. The molecule has 1 N–H and O–H groups in total. The predicted molar refractivity (Wildman–Crippen MR) is 117 cm³/mol. The van der Waals surface area contributed by atoms with Gasteiger partial charge in [0.15, 0.2) is 5.11 Å². The van der Waals surface area contributed by atoms with Gasteiger partial charge in [0, 0.05) is 48.0 Å². The number of halogens is 2. The van der Waals surface area contributed by atoms with Crippen molar-refractivity contribution in [3.8, 4) is 5.75 Å². The van der Waals surface area contributed by atoms with Gasteiger partial charge in [-0.2, -0.15) is 0 Å². The lowest BCUT2D eigenvalue weighted by Crippen LogP contribution is -2.55. The van der Waals surface area contributed by atoms with Gasteiger partial charge in [0.05, 0.1) is 7.11 Å². The number of methoxy groups -OCH3 is 1. The van der Waals surface area contributed by atoms with Crippen LogP contribution in [0, 0.1) is 0 Å². The van der Waals surface area contributed by atoms with Crippen molar-refractivity contribution in [2.75, 3.05) is 31.6 Å². The highest BCUT2D eigenvalue weighted by molar-refractivity contribution is 7.80. The van der Waals surface area contributed by atoms with E-state index >= 15 is 0 Å². The van der Waals surface area contributed by atoms with E-state index in [9.17, 15) is 0 Å². The average molecular weight is 424 g/mol. The fourth-order valence-electron chi connectivity index (χ4n) is 3.25. The van der Waals surface area contributed by atoms with E-state index in [-0.39, 0.29) is 0 Å². The van der Waals surface area contributed by atoms with Crippen molar-refractivity contribution in [1.29, 1.82) is 0 Å². The zero-order chi connectivity index (χ0) is 19.4. The molecule has 1 heterocycles. The normalized spacial score (nSPS) is 17.0. The van der Waals surface area contributed by atoms with Gasteiger partial charge < -0.3 is 19.9 Å². The van der Waals surface area contributed by atoms with Crippen LogP contribution in [-0.4, -0.2) is 42.8 Å². The van der Waals surface area contributed by atoms with Crippen LogP contribution >= 0.6 is 35.4 Å². The highest BCUT2D eigenvalue weighted by Crippen LogP contribution is 2.24. The van der Waals surface area contributed by atoms with Crippen molar-refractivity contribution in [3.05, 3.63) is 58.1 Å². The third-order valence-electron chi connectivity index (χ3n) is 4.76. The number of ether oxygens (including phenoxy) is 1. The molecule has 1 atom stereocenters. The van der Waals surface area contributed by atoms with Crippen LogP contribution in [0.3, 0.4) is 0 Å². The summed E-state index contributed by atoms with van der Waals surface area (Å²) >= 11 is 17.8. The Kier molecular flexibility index (Phi) is 6.68. The molecule has 7 heteroatoms. The van der Waals surface area contributed by atoms with Gasteiger partial charge in [-0.3, -0.25) is 0 Å². The van der Waals surface area contributed by atoms with Crippen LogP contribution < -0.4 is 15.0 Å². The number of anilines is 1. The first-order valence-electron chi connectivity index (χ1n) is 8.85. The minimum atomic E-state index is 0.353. The summed E-state index contributed by atoms with van der Waals surface area (Å²) in [5.74, 6) is 0.872. The van der Waals surface area contributed by atoms with Crippen molar-refractivity contribution in [2.24, 2.45) is 0 Å². The van der Waals surface area contributed by atoms with Crippen LogP contribution in [-0.2, 0) is 6.54 Å². The maximum absolute atomic E-state index is 6.23. The van der Waals surface area contributed by atoms with Crippen LogP contribution in [0.15, 0.2) is 42.5 Å². The summed E-state index contributed by atoms with van der Waals surface area (Å²) in [6, 6.07) is 14.1. The molecule has 3 rings (SSSR count). The maximum atomic E-state index is 6.23. The van der Waals surface area contributed by atoms with Gasteiger partial charge in [-0.05, 0) is 61.1 Å². The van der Waals surface area contributed by atoms with Crippen LogP contribution in [0.4, 0.5) is 5.69 Å². The highest BCUT2D eigenvalue weighted by Gasteiger charge is 2.25. The predicted octanol–water partition coefficient (Wildman–Crippen LogP) is 4.59. The maximum Gasteiger partial charge on any atom is 0.169 e. The van der Waals surface area contributed by atoms with Crippen LogP contribution in [0.2, 0.25) is 10.0 Å². The second kappa shape index (κ2) is 9.00. The molecule has 0 radical (unpaired) electrons. The van der Waals surface area contributed by atoms with Crippen molar-refractivity contribution in [2.45, 2.75) is 19.5 Å². The van der Waals surface area contributed by atoms with Gasteiger partial charge in [-0.1, -0.05) is 29.3 Å². The standard InChI is InChI=1S/C20H23Cl2N3OS/c1-14-13-24(9-10-25(14)17-5-7-18(26-2)8-6-17)20(27)23-12-15-3-4-16(21)11-19(15)22/h3-8,11,14H,9-10,12-13H2,1-2H3,(H,23,27). The molecule has 1 aliphatic heterocycles. The quantitative estimate of drug-likeness (QED) is 0.725. The van der Waals surface area contributed by atoms with Gasteiger partial charge in [-0.15, -0.1) is 0 Å². The number of nitrogens with one attached hydrogen (secondary N) is 1. The number of benzene rings is 2. The Labute approximate surface area is 176 Å². The van der Waals surface area contributed by atoms with E-state index in [4.69, 9.17) is 40.2 Å². The summed E-state index contributed by atoms with van der Waals surface area (Å²) in [7, 11) is 1.68. The van der Waals surface area contributed by atoms with Crippen LogP contribution in [0.5, 0.6) is 5.75 Å². The Morgan fingerprint density at radius 3 is 2.56 bits per heavy atom. The number of piperazine rings is 1. The monoisotopic (exact) mass is 423 g/mol. The second-order valence-corrected chi connectivity index (χ2v) is 7.81. The second-order valence-electron chi connectivity index (χ2n) is 6.58. The Morgan fingerprint density at radius 1 is 1.19 bits per heavy atom. The molecular weight excluding hydrogens is 401 g/mol. The number of nitrogens with zero attached hydrogens (tertiary/aromatic N) is 2. The topological polar surface area (TPSA) is 27.7 Å². The average Bonchev–Trinajstić information content (AvgIpc) is 2.67. The highest BCUT2D eigenvalue weighted by atomic mass is 35.5. The summed E-state index contributed by atoms with van der Waals surface area (Å²) in [5, 5.41) is 5.35. The zero-order valence-electron chi connectivity index (χ0n) is 15.4. The van der Waals surface area contributed by atoms with Crippen molar-refractivity contribution < 1.29 is 4.74 Å². The molecule has 27 heavy (non-hydrogen) atoms. The van der Waals surface area contributed by atoms with Gasteiger partial charge in [0.25, 0.3) is 0 Å². The van der Waals surface area contributed by atoms with Crippen molar-refractivity contribution >= 4 is 46.2 Å². The first kappa shape index (κ1) is 20.1. The molecule has 0 spiro atoms. The molecule has 1 unspecified atom stereocenters. The molecule has 0 aromatic heterocycles. The number of rotatable bonds is 4. The van der Waals surface area contributed by atoms with E-state index in [0.29, 0.717) is 22.6 Å². The van der Waals surface area contributed by atoms with Crippen molar-refractivity contribution in [1.82, 2.24) is 10.2 Å². The summed E-state index contributed by atoms with van der Waals surface area (Å²) in [6.07, 6.45) is 0. The lowest BCUT2D eigenvalue weighted by molar-refractivity contribution is 0.334. The van der Waals surface area contributed by atoms with Gasteiger partial charge in [0.2, 0.25) is 0 Å². The lowest BCUT2D eigenvalue weighted by atomic mass is 10.1. The molecule has 2 aromatic rings. The largest absolute Gasteiger partial charge is 0.497 e. The molecule has 4 nitrogen and oxygen atoms in total. The Hall–Kier alpha value is -1.69. The first-order valence-corrected chi connectivity index (χ1v) is 10.0. The molecule has 0 bridgehead atoms. The molecule has 2 aromatic carbocycles. The summed E-state index contributed by atoms with van der Waals surface area (Å²) < 4.78 is 5.24. The zero-order valence-corrected chi connectivity index (χ0v) is 17.7. The summed E-state index contributed by atoms with van der Waals surface area (Å²) in [5.41, 5.74) is 2.18. The minimum Gasteiger partial charge on any atom is -0.497 e. The minimum absolute atomic E-state index is 0.353. The third-order valence-corrected chi connectivity index (χ3v) is 5.75. The van der Waals surface area contributed by atoms with E-state index in [1.54, 1.807) is 13.2 Å². The van der Waals surface area contributed by atoms with E-state index in [2.05, 4.69) is 34.2 Å². The smallest absolute Gasteiger partial charge is 0.169 e. The molecule has 0 aliphatic carbocycles.